The van der Waals surface area contributed by atoms with E-state index in [1.165, 1.54) is 6.08 Å². The molecule has 0 radical (unpaired) electrons. The minimum Gasteiger partial charge on any atom is -0.457 e. The molecular formula is C13H10F3N3O3. The number of nitrogens with zero attached hydrogens (tertiary/aromatic N) is 2. The maximum Gasteiger partial charge on any atom is 0.283 e. The van der Waals surface area contributed by atoms with E-state index in [0.717, 1.165) is 6.07 Å². The van der Waals surface area contributed by atoms with E-state index in [2.05, 4.69) is 4.99 Å². The van der Waals surface area contributed by atoms with E-state index < -0.39 is 52.0 Å². The van der Waals surface area contributed by atoms with Crippen LogP contribution in [0.2, 0.25) is 0 Å². The molecule has 0 unspecified atom stereocenters. The van der Waals surface area contributed by atoms with E-state index in [1.807, 2.05) is 0 Å². The van der Waals surface area contributed by atoms with Crippen molar-refractivity contribution in [1.82, 2.24) is 0 Å². The normalized spacial score (nSPS) is 29.1. The van der Waals surface area contributed by atoms with Crippen molar-refractivity contribution in [3.63, 3.8) is 0 Å². The van der Waals surface area contributed by atoms with Gasteiger partial charge in [0.2, 0.25) is 0 Å². The fourth-order valence-electron chi connectivity index (χ4n) is 2.72. The van der Waals surface area contributed by atoms with Gasteiger partial charge in [-0.3, -0.25) is 10.1 Å². The van der Waals surface area contributed by atoms with Crippen LogP contribution >= 0.6 is 0 Å². The van der Waals surface area contributed by atoms with Crippen LogP contribution in [0.5, 0.6) is 0 Å². The van der Waals surface area contributed by atoms with Gasteiger partial charge in [0.15, 0.2) is 11.6 Å². The first-order chi connectivity index (χ1) is 10.4. The Balaban J connectivity index is 2.25. The first kappa shape index (κ1) is 14.4. The van der Waals surface area contributed by atoms with Crippen LogP contribution in [0.4, 0.5) is 18.9 Å². The molecule has 3 atom stereocenters. The number of hydrogen-bond donors (Lipinski definition) is 1. The minimum atomic E-state index is -1.88. The lowest BCUT2D eigenvalue weighted by molar-refractivity contribution is -0.385. The third-order valence-electron chi connectivity index (χ3n) is 3.87. The number of halogens is 3. The second-order valence-electron chi connectivity index (χ2n) is 5.05. The van der Waals surface area contributed by atoms with Gasteiger partial charge in [-0.15, -0.1) is 0 Å². The van der Waals surface area contributed by atoms with E-state index in [-0.39, 0.29) is 6.02 Å². The molecule has 1 aliphatic carbocycles. The fraction of sp³-hybridized carbons (Fsp3) is 0.308. The van der Waals surface area contributed by atoms with Crippen molar-refractivity contribution < 1.29 is 22.8 Å². The smallest absolute Gasteiger partial charge is 0.283 e. The van der Waals surface area contributed by atoms with Crippen molar-refractivity contribution >= 4 is 11.7 Å². The SMILES string of the molecule is NC1=N[C@](CF)(c2cc([N+](=O)[O-])cc(F)c2F)[C@H]2C=C[C@H]2O1. The molecule has 1 aromatic rings. The van der Waals surface area contributed by atoms with Crippen LogP contribution in [-0.2, 0) is 10.3 Å². The van der Waals surface area contributed by atoms with E-state index >= 15 is 0 Å². The average molecular weight is 313 g/mol. The molecule has 0 fully saturated rings. The quantitative estimate of drug-likeness (QED) is 0.524. The molecule has 0 saturated carbocycles. The summed E-state index contributed by atoms with van der Waals surface area (Å²) in [6, 6.07) is 0.837. The summed E-state index contributed by atoms with van der Waals surface area (Å²) in [4.78, 5) is 13.8. The summed E-state index contributed by atoms with van der Waals surface area (Å²) in [6.45, 7) is -1.21. The van der Waals surface area contributed by atoms with E-state index in [4.69, 9.17) is 10.5 Å². The summed E-state index contributed by atoms with van der Waals surface area (Å²) in [5.41, 5.74) is 2.36. The predicted molar refractivity (Wildman–Crippen MR) is 69.8 cm³/mol. The van der Waals surface area contributed by atoms with Crippen molar-refractivity contribution in [2.24, 2.45) is 16.6 Å². The average Bonchev–Trinajstić information content (AvgIpc) is 2.44. The third kappa shape index (κ3) is 1.85. The molecule has 9 heteroatoms. The lowest BCUT2D eigenvalue weighted by Gasteiger charge is -2.45. The molecule has 116 valence electrons. The van der Waals surface area contributed by atoms with Gasteiger partial charge in [-0.2, -0.15) is 0 Å². The van der Waals surface area contributed by atoms with E-state index in [9.17, 15) is 23.3 Å². The molecule has 0 aromatic heterocycles. The van der Waals surface area contributed by atoms with E-state index in [0.29, 0.717) is 6.07 Å². The maximum absolute atomic E-state index is 14.2. The van der Waals surface area contributed by atoms with Gasteiger partial charge in [0.05, 0.1) is 16.9 Å². The number of aliphatic imine (C=N–C) groups is 1. The summed E-state index contributed by atoms with van der Waals surface area (Å²) in [5.74, 6) is -3.56. The van der Waals surface area contributed by atoms with Gasteiger partial charge in [0.1, 0.15) is 18.3 Å². The van der Waals surface area contributed by atoms with Crippen LogP contribution in [0.3, 0.4) is 0 Å². The zero-order valence-corrected chi connectivity index (χ0v) is 11.0. The number of non-ortho nitro benzene ring substituents is 1. The topological polar surface area (TPSA) is 90.8 Å². The summed E-state index contributed by atoms with van der Waals surface area (Å²) in [5, 5.41) is 10.8. The van der Waals surface area contributed by atoms with Crippen molar-refractivity contribution in [3.05, 3.63) is 51.6 Å². The number of nitro groups is 1. The molecule has 0 spiro atoms. The highest BCUT2D eigenvalue weighted by atomic mass is 19.2. The second kappa shape index (κ2) is 4.72. The van der Waals surface area contributed by atoms with Crippen LogP contribution in [0.15, 0.2) is 29.3 Å². The summed E-state index contributed by atoms with van der Waals surface area (Å²) in [6.07, 6.45) is 2.47. The minimum absolute atomic E-state index is 0.380. The fourth-order valence-corrected chi connectivity index (χ4v) is 2.72. The van der Waals surface area contributed by atoms with Crippen LogP contribution < -0.4 is 5.73 Å². The maximum atomic E-state index is 14.2. The highest BCUT2D eigenvalue weighted by Gasteiger charge is 2.52. The number of hydrogen-bond acceptors (Lipinski definition) is 5. The van der Waals surface area contributed by atoms with Crippen molar-refractivity contribution in [1.29, 1.82) is 0 Å². The van der Waals surface area contributed by atoms with Gasteiger partial charge in [-0.1, -0.05) is 6.08 Å². The van der Waals surface area contributed by atoms with Gasteiger partial charge in [0, 0.05) is 11.6 Å². The van der Waals surface area contributed by atoms with Gasteiger partial charge >= 0.3 is 0 Å². The van der Waals surface area contributed by atoms with Crippen LogP contribution in [0.25, 0.3) is 0 Å². The molecule has 2 aliphatic rings. The molecule has 6 nitrogen and oxygen atoms in total. The highest BCUT2D eigenvalue weighted by molar-refractivity contribution is 5.74. The number of nitro benzene ring substituents is 1. The zero-order chi connectivity index (χ0) is 16.1. The zero-order valence-electron chi connectivity index (χ0n) is 11.0. The van der Waals surface area contributed by atoms with Crippen molar-refractivity contribution in [2.45, 2.75) is 11.6 Å². The van der Waals surface area contributed by atoms with Crippen LogP contribution in [-0.4, -0.2) is 23.7 Å². The summed E-state index contributed by atoms with van der Waals surface area (Å²) < 4.78 is 46.8. The van der Waals surface area contributed by atoms with Gasteiger partial charge < -0.3 is 10.5 Å². The Morgan fingerprint density at radius 1 is 1.41 bits per heavy atom. The Hall–Kier alpha value is -2.58. The monoisotopic (exact) mass is 313 g/mol. The Bertz CT molecular complexity index is 722. The molecule has 2 N–H and O–H groups in total. The number of alkyl halides is 1. The van der Waals surface area contributed by atoms with Crippen LogP contribution in [0.1, 0.15) is 5.56 Å². The number of amidine groups is 1. The van der Waals surface area contributed by atoms with Gasteiger partial charge in [-0.05, 0) is 6.08 Å². The number of benzene rings is 1. The van der Waals surface area contributed by atoms with E-state index in [1.54, 1.807) is 6.08 Å². The highest BCUT2D eigenvalue weighted by Crippen LogP contribution is 2.47. The Labute approximate surface area is 122 Å². The number of fused-ring (bicyclic) bond motifs is 1. The van der Waals surface area contributed by atoms with Crippen LogP contribution in [0, 0.1) is 27.7 Å². The van der Waals surface area contributed by atoms with Gasteiger partial charge in [-0.25, -0.2) is 18.2 Å². The number of rotatable bonds is 3. The standard InChI is InChI=1S/C13H10F3N3O3/c14-5-13(7-1-2-10(7)22-12(17)18-13)8-3-6(19(20)21)4-9(15)11(8)16/h1-4,7,10H,5H2,(H2,17,18)/t7-,10+,13-/m0/s1. The molecule has 3 rings (SSSR count). The van der Waals surface area contributed by atoms with Gasteiger partial charge in [0.25, 0.3) is 11.7 Å². The molecular weight excluding hydrogens is 303 g/mol. The van der Waals surface area contributed by atoms with Crippen molar-refractivity contribution in [3.8, 4) is 0 Å². The Morgan fingerprint density at radius 3 is 2.68 bits per heavy atom. The third-order valence-corrected chi connectivity index (χ3v) is 3.87. The molecule has 1 aromatic carbocycles. The van der Waals surface area contributed by atoms with Crippen molar-refractivity contribution in [2.75, 3.05) is 6.67 Å². The predicted octanol–water partition coefficient (Wildman–Crippen LogP) is 1.94. The number of nitrogens with two attached hydrogens (primary N) is 1. The molecule has 1 aliphatic heterocycles. The summed E-state index contributed by atoms with van der Waals surface area (Å²) in [7, 11) is 0. The molecule has 1 heterocycles. The molecule has 0 bridgehead atoms. The second-order valence-corrected chi connectivity index (χ2v) is 5.05. The lowest BCUT2D eigenvalue weighted by Crippen LogP contribution is -2.52. The molecule has 0 saturated heterocycles. The molecule has 22 heavy (non-hydrogen) atoms. The first-order valence-electron chi connectivity index (χ1n) is 6.29. The largest absolute Gasteiger partial charge is 0.457 e. The molecule has 0 amide bonds. The Morgan fingerprint density at radius 2 is 2.14 bits per heavy atom. The lowest BCUT2D eigenvalue weighted by atomic mass is 9.70. The first-order valence-corrected chi connectivity index (χ1v) is 6.29. The number of ether oxygens (including phenoxy) is 1. The Kier molecular flexibility index (Phi) is 3.08. The summed E-state index contributed by atoms with van der Waals surface area (Å²) >= 11 is 0.